The van der Waals surface area contributed by atoms with Crippen LogP contribution in [0.25, 0.3) is 5.57 Å². The van der Waals surface area contributed by atoms with Crippen LogP contribution in [-0.2, 0) is 4.74 Å². The van der Waals surface area contributed by atoms with Gasteiger partial charge in [-0.05, 0) is 50.1 Å². The minimum Gasteiger partial charge on any atom is -0.474 e. The van der Waals surface area contributed by atoms with Crippen molar-refractivity contribution in [2.24, 2.45) is 0 Å². The lowest BCUT2D eigenvalue weighted by molar-refractivity contribution is 0.153. The Labute approximate surface area is 126 Å². The molecule has 2 aliphatic rings. The molecule has 3 rings (SSSR count). The van der Waals surface area contributed by atoms with Crippen LogP contribution in [0.4, 0.5) is 0 Å². The molecule has 0 saturated carbocycles. The summed E-state index contributed by atoms with van der Waals surface area (Å²) in [7, 11) is 0. The van der Waals surface area contributed by atoms with Crippen LogP contribution in [0.1, 0.15) is 24.8 Å². The standard InChI is InChI=1S/C15H20N2O2.ClH/c1-2-14(12-5-10-18-11-6-12)15(17-7-1)19-13-3-8-16-9-4-13;/h1-2,5,7,13,16H,3-4,6,8-11H2;1H. The lowest BCUT2D eigenvalue weighted by Gasteiger charge is -2.25. The average Bonchev–Trinajstić information content (AvgIpc) is 2.50. The van der Waals surface area contributed by atoms with E-state index < -0.39 is 0 Å². The van der Waals surface area contributed by atoms with Gasteiger partial charge in [-0.25, -0.2) is 4.98 Å². The molecule has 0 spiro atoms. The van der Waals surface area contributed by atoms with Gasteiger partial charge in [0.2, 0.25) is 5.88 Å². The van der Waals surface area contributed by atoms with Crippen molar-refractivity contribution >= 4 is 18.0 Å². The van der Waals surface area contributed by atoms with Crippen LogP contribution in [0.15, 0.2) is 24.4 Å². The molecule has 2 aliphatic heterocycles. The van der Waals surface area contributed by atoms with Crippen LogP contribution < -0.4 is 10.1 Å². The fourth-order valence-corrected chi connectivity index (χ4v) is 2.57. The van der Waals surface area contributed by atoms with Gasteiger partial charge < -0.3 is 14.8 Å². The van der Waals surface area contributed by atoms with Crippen LogP contribution in [-0.4, -0.2) is 37.4 Å². The Hall–Kier alpha value is -1.10. The molecule has 0 aromatic carbocycles. The first-order valence-corrected chi connectivity index (χ1v) is 7.03. The largest absolute Gasteiger partial charge is 0.474 e. The molecular formula is C15H21ClN2O2. The molecule has 20 heavy (non-hydrogen) atoms. The molecule has 3 heterocycles. The molecule has 110 valence electrons. The quantitative estimate of drug-likeness (QED) is 0.930. The SMILES string of the molecule is C1=C(c2cccnc2OC2CCNCC2)CCOC1.Cl. The maximum absolute atomic E-state index is 6.11. The fraction of sp³-hybridized carbons (Fsp3) is 0.533. The number of piperidine rings is 1. The predicted molar refractivity (Wildman–Crippen MR) is 81.4 cm³/mol. The van der Waals surface area contributed by atoms with E-state index in [9.17, 15) is 0 Å². The highest BCUT2D eigenvalue weighted by Gasteiger charge is 2.18. The van der Waals surface area contributed by atoms with Gasteiger partial charge >= 0.3 is 0 Å². The third kappa shape index (κ3) is 3.72. The summed E-state index contributed by atoms with van der Waals surface area (Å²) in [6, 6.07) is 4.07. The average molecular weight is 297 g/mol. The molecule has 0 radical (unpaired) electrons. The lowest BCUT2D eigenvalue weighted by atomic mass is 10.0. The van der Waals surface area contributed by atoms with E-state index in [0.717, 1.165) is 50.4 Å². The highest BCUT2D eigenvalue weighted by molar-refractivity contribution is 5.85. The Morgan fingerprint density at radius 1 is 1.30 bits per heavy atom. The molecule has 5 heteroatoms. The molecule has 1 saturated heterocycles. The van der Waals surface area contributed by atoms with Gasteiger partial charge in [0, 0.05) is 11.8 Å². The summed E-state index contributed by atoms with van der Waals surface area (Å²) in [5.41, 5.74) is 2.42. The van der Waals surface area contributed by atoms with Gasteiger partial charge in [-0.3, -0.25) is 0 Å². The highest BCUT2D eigenvalue weighted by atomic mass is 35.5. The van der Waals surface area contributed by atoms with Crippen molar-refractivity contribution in [1.29, 1.82) is 0 Å². The Morgan fingerprint density at radius 2 is 2.15 bits per heavy atom. The molecular weight excluding hydrogens is 276 g/mol. The first-order valence-electron chi connectivity index (χ1n) is 7.03. The molecule has 4 nitrogen and oxygen atoms in total. The molecule has 1 fully saturated rings. The van der Waals surface area contributed by atoms with Crippen molar-refractivity contribution in [1.82, 2.24) is 10.3 Å². The zero-order valence-electron chi connectivity index (χ0n) is 11.5. The van der Waals surface area contributed by atoms with Crippen LogP contribution >= 0.6 is 12.4 Å². The summed E-state index contributed by atoms with van der Waals surface area (Å²) < 4.78 is 11.5. The van der Waals surface area contributed by atoms with Crippen LogP contribution in [0.2, 0.25) is 0 Å². The van der Waals surface area contributed by atoms with E-state index in [2.05, 4.69) is 22.4 Å². The van der Waals surface area contributed by atoms with E-state index in [0.29, 0.717) is 6.61 Å². The van der Waals surface area contributed by atoms with Gasteiger partial charge in [0.25, 0.3) is 0 Å². The number of nitrogens with one attached hydrogen (secondary N) is 1. The minimum absolute atomic E-state index is 0. The predicted octanol–water partition coefficient (Wildman–Crippen LogP) is 2.44. The topological polar surface area (TPSA) is 43.4 Å². The summed E-state index contributed by atoms with van der Waals surface area (Å²) in [6.07, 6.45) is 7.27. The van der Waals surface area contributed by atoms with Crippen LogP contribution in [0, 0.1) is 0 Å². The molecule has 0 atom stereocenters. The van der Waals surface area contributed by atoms with Crippen molar-refractivity contribution in [3.05, 3.63) is 30.0 Å². The summed E-state index contributed by atoms with van der Waals surface area (Å²) in [5.74, 6) is 0.780. The second kappa shape index (κ2) is 7.62. The summed E-state index contributed by atoms with van der Waals surface area (Å²) in [6.45, 7) is 3.54. The molecule has 1 aromatic rings. The van der Waals surface area contributed by atoms with Gasteiger partial charge in [-0.2, -0.15) is 0 Å². The molecule has 0 unspecified atom stereocenters. The molecule has 0 bridgehead atoms. The van der Waals surface area contributed by atoms with Crippen molar-refractivity contribution in [3.63, 3.8) is 0 Å². The van der Waals surface area contributed by atoms with E-state index in [-0.39, 0.29) is 18.5 Å². The third-order valence-electron chi connectivity index (χ3n) is 3.64. The maximum Gasteiger partial charge on any atom is 0.221 e. The van der Waals surface area contributed by atoms with E-state index in [1.807, 2.05) is 6.07 Å². The monoisotopic (exact) mass is 296 g/mol. The summed E-state index contributed by atoms with van der Waals surface area (Å²) in [4.78, 5) is 4.42. The van der Waals surface area contributed by atoms with Crippen molar-refractivity contribution in [2.45, 2.75) is 25.4 Å². The number of pyridine rings is 1. The smallest absolute Gasteiger partial charge is 0.221 e. The third-order valence-corrected chi connectivity index (χ3v) is 3.64. The lowest BCUT2D eigenvalue weighted by Crippen LogP contribution is -2.34. The van der Waals surface area contributed by atoms with E-state index >= 15 is 0 Å². The number of rotatable bonds is 3. The number of halogens is 1. The van der Waals surface area contributed by atoms with E-state index in [1.54, 1.807) is 6.20 Å². The second-order valence-corrected chi connectivity index (χ2v) is 4.98. The molecule has 1 aromatic heterocycles. The first-order chi connectivity index (χ1) is 9.43. The summed E-state index contributed by atoms with van der Waals surface area (Å²) >= 11 is 0. The second-order valence-electron chi connectivity index (χ2n) is 4.98. The van der Waals surface area contributed by atoms with E-state index in [1.165, 1.54) is 5.57 Å². The Kier molecular flexibility index (Phi) is 5.83. The zero-order chi connectivity index (χ0) is 12.9. The van der Waals surface area contributed by atoms with Gasteiger partial charge in [0.1, 0.15) is 6.10 Å². The van der Waals surface area contributed by atoms with Gasteiger partial charge in [0.05, 0.1) is 13.2 Å². The van der Waals surface area contributed by atoms with Crippen molar-refractivity contribution in [2.75, 3.05) is 26.3 Å². The molecule has 0 aliphatic carbocycles. The van der Waals surface area contributed by atoms with Crippen molar-refractivity contribution < 1.29 is 9.47 Å². The number of hydrogen-bond donors (Lipinski definition) is 1. The Balaban J connectivity index is 0.00000147. The van der Waals surface area contributed by atoms with Gasteiger partial charge in [0.15, 0.2) is 0 Å². The minimum atomic E-state index is 0. The normalized spacial score (nSPS) is 19.9. The number of ether oxygens (including phenoxy) is 2. The summed E-state index contributed by atoms with van der Waals surface area (Å²) in [5, 5.41) is 3.35. The zero-order valence-corrected chi connectivity index (χ0v) is 12.3. The number of aromatic nitrogens is 1. The fourth-order valence-electron chi connectivity index (χ4n) is 2.57. The van der Waals surface area contributed by atoms with Crippen LogP contribution in [0.5, 0.6) is 5.88 Å². The van der Waals surface area contributed by atoms with E-state index in [4.69, 9.17) is 9.47 Å². The number of hydrogen-bond acceptors (Lipinski definition) is 4. The Morgan fingerprint density at radius 3 is 2.90 bits per heavy atom. The van der Waals surface area contributed by atoms with Gasteiger partial charge in [-0.1, -0.05) is 6.08 Å². The maximum atomic E-state index is 6.11. The molecule has 0 amide bonds. The van der Waals surface area contributed by atoms with Gasteiger partial charge in [-0.15, -0.1) is 12.4 Å². The first kappa shape index (κ1) is 15.3. The highest BCUT2D eigenvalue weighted by Crippen LogP contribution is 2.29. The molecule has 1 N–H and O–H groups in total. The number of nitrogens with zero attached hydrogens (tertiary/aromatic N) is 1. The Bertz CT molecular complexity index is 459. The van der Waals surface area contributed by atoms with Crippen LogP contribution in [0.3, 0.4) is 0 Å². The van der Waals surface area contributed by atoms with Crippen molar-refractivity contribution in [3.8, 4) is 5.88 Å².